The molecule has 1 amide bonds. The lowest BCUT2D eigenvalue weighted by Crippen LogP contribution is -2.24. The Morgan fingerprint density at radius 2 is 2.11 bits per heavy atom. The van der Waals surface area contributed by atoms with Crippen molar-refractivity contribution >= 4 is 49.4 Å². The predicted octanol–water partition coefficient (Wildman–Crippen LogP) is 3.20. The summed E-state index contributed by atoms with van der Waals surface area (Å²) in [6.07, 6.45) is 1.21. The summed E-state index contributed by atoms with van der Waals surface area (Å²) in [5, 5.41) is 10.7. The fraction of sp³-hybridized carbons (Fsp3) is 0.235. The lowest BCUT2D eigenvalue weighted by atomic mass is 10.3. The number of anilines is 2. The molecule has 4 rings (SSSR count). The van der Waals surface area contributed by atoms with Crippen LogP contribution in [0.2, 0.25) is 0 Å². The minimum absolute atomic E-state index is 0.0220. The molecule has 28 heavy (non-hydrogen) atoms. The molecule has 0 radical (unpaired) electrons. The van der Waals surface area contributed by atoms with Crippen LogP contribution >= 0.6 is 22.7 Å². The van der Waals surface area contributed by atoms with E-state index in [9.17, 15) is 13.2 Å². The zero-order valence-corrected chi connectivity index (χ0v) is 17.2. The van der Waals surface area contributed by atoms with Gasteiger partial charge in [-0.3, -0.25) is 9.52 Å². The third-order valence-electron chi connectivity index (χ3n) is 4.20. The van der Waals surface area contributed by atoms with Crippen LogP contribution < -0.4 is 14.4 Å². The lowest BCUT2D eigenvalue weighted by Gasteiger charge is -2.18. The van der Waals surface area contributed by atoms with Crippen LogP contribution in [0.15, 0.2) is 40.6 Å². The van der Waals surface area contributed by atoms with Gasteiger partial charge in [0.05, 0.1) is 12.0 Å². The van der Waals surface area contributed by atoms with Gasteiger partial charge < -0.3 is 9.64 Å². The molecule has 0 saturated carbocycles. The van der Waals surface area contributed by atoms with Crippen LogP contribution in [-0.2, 0) is 14.8 Å². The van der Waals surface area contributed by atoms with E-state index < -0.39 is 10.0 Å². The summed E-state index contributed by atoms with van der Waals surface area (Å²) < 4.78 is 33.6. The van der Waals surface area contributed by atoms with E-state index in [4.69, 9.17) is 4.74 Å². The molecule has 146 valence electrons. The van der Waals surface area contributed by atoms with E-state index >= 15 is 0 Å². The first-order valence-electron chi connectivity index (χ1n) is 8.36. The van der Waals surface area contributed by atoms with Crippen molar-refractivity contribution in [3.63, 3.8) is 0 Å². The second-order valence-electron chi connectivity index (χ2n) is 5.98. The summed E-state index contributed by atoms with van der Waals surface area (Å²) in [5.41, 5.74) is 0.528. The number of carbonyl (C=O) groups is 1. The first-order valence-corrected chi connectivity index (χ1v) is 11.5. The first-order chi connectivity index (χ1) is 13.5. The summed E-state index contributed by atoms with van der Waals surface area (Å²) in [6, 6.07) is 8.46. The van der Waals surface area contributed by atoms with Gasteiger partial charge >= 0.3 is 0 Å². The molecule has 1 saturated heterocycles. The van der Waals surface area contributed by atoms with Crippen molar-refractivity contribution in [2.75, 3.05) is 23.3 Å². The Hall–Kier alpha value is -2.50. The third kappa shape index (κ3) is 3.60. The van der Waals surface area contributed by atoms with Crippen molar-refractivity contribution in [3.8, 4) is 15.6 Å². The normalized spacial score (nSPS) is 14.5. The highest BCUT2D eigenvalue weighted by Gasteiger charge is 2.27. The van der Waals surface area contributed by atoms with Crippen LogP contribution in [-0.4, -0.2) is 38.2 Å². The second kappa shape index (κ2) is 7.49. The number of amides is 1. The number of hydrogen-bond donors (Lipinski definition) is 1. The number of nitrogens with zero attached hydrogens (tertiary/aromatic N) is 3. The van der Waals surface area contributed by atoms with Crippen molar-refractivity contribution in [1.82, 2.24) is 10.2 Å². The van der Waals surface area contributed by atoms with E-state index in [1.54, 1.807) is 17.0 Å². The maximum atomic E-state index is 13.0. The van der Waals surface area contributed by atoms with Crippen molar-refractivity contribution in [3.05, 3.63) is 35.7 Å². The number of sulfonamides is 1. The molecule has 0 aliphatic carbocycles. The van der Waals surface area contributed by atoms with Gasteiger partial charge in [0.2, 0.25) is 11.0 Å². The molecule has 8 nitrogen and oxygen atoms in total. The Kier molecular flexibility index (Phi) is 5.04. The third-order valence-corrected chi connectivity index (χ3v) is 7.57. The van der Waals surface area contributed by atoms with Crippen LogP contribution in [0, 0.1) is 0 Å². The van der Waals surface area contributed by atoms with Crippen molar-refractivity contribution in [2.24, 2.45) is 0 Å². The van der Waals surface area contributed by atoms with E-state index in [1.807, 2.05) is 17.5 Å². The van der Waals surface area contributed by atoms with Crippen molar-refractivity contribution in [1.29, 1.82) is 0 Å². The first kappa shape index (κ1) is 18.8. The van der Waals surface area contributed by atoms with E-state index in [-0.39, 0.29) is 21.7 Å². The number of nitrogens with one attached hydrogen (secondary N) is 1. The number of benzene rings is 1. The van der Waals surface area contributed by atoms with Gasteiger partial charge in [-0.15, -0.1) is 21.5 Å². The standard InChI is InChI=1S/C17H16N4O4S3/c1-25-12-7-6-11(21-8-2-5-15(21)22)10-14(12)28(23,24)20-17-19-18-16(27-17)13-4-3-9-26-13/h3-4,6-7,9-10H,2,5,8H2,1H3,(H,19,20). The average Bonchev–Trinajstić information content (AvgIpc) is 3.42. The second-order valence-corrected chi connectivity index (χ2v) is 9.56. The Morgan fingerprint density at radius 1 is 1.25 bits per heavy atom. The molecule has 3 aromatic rings. The molecule has 11 heteroatoms. The Labute approximate surface area is 169 Å². The maximum Gasteiger partial charge on any atom is 0.267 e. The number of ether oxygens (including phenoxy) is 1. The molecule has 0 spiro atoms. The average molecular weight is 437 g/mol. The SMILES string of the molecule is COc1ccc(N2CCCC2=O)cc1S(=O)(=O)Nc1nnc(-c2cccs2)s1. The fourth-order valence-electron chi connectivity index (χ4n) is 2.90. The monoisotopic (exact) mass is 436 g/mol. The summed E-state index contributed by atoms with van der Waals surface area (Å²) in [4.78, 5) is 14.4. The van der Waals surface area contributed by atoms with Gasteiger partial charge in [-0.1, -0.05) is 17.4 Å². The number of carbonyl (C=O) groups excluding carboxylic acids is 1. The highest BCUT2D eigenvalue weighted by molar-refractivity contribution is 7.93. The van der Waals surface area contributed by atoms with Gasteiger partial charge in [0.1, 0.15) is 10.6 Å². The Balaban J connectivity index is 1.65. The molecular weight excluding hydrogens is 420 g/mol. The summed E-state index contributed by atoms with van der Waals surface area (Å²) in [6.45, 7) is 0.568. The van der Waals surface area contributed by atoms with E-state index in [2.05, 4.69) is 14.9 Å². The summed E-state index contributed by atoms with van der Waals surface area (Å²) in [5.74, 6) is 0.164. The predicted molar refractivity (Wildman–Crippen MR) is 109 cm³/mol. The van der Waals surface area contributed by atoms with Gasteiger partial charge in [0.15, 0.2) is 5.01 Å². The number of aromatic nitrogens is 2. The van der Waals surface area contributed by atoms with Crippen LogP contribution in [0.3, 0.4) is 0 Å². The quantitative estimate of drug-likeness (QED) is 0.637. The molecule has 1 aromatic carbocycles. The molecule has 0 bridgehead atoms. The van der Waals surface area contributed by atoms with E-state index in [0.29, 0.717) is 23.7 Å². The van der Waals surface area contributed by atoms with Crippen LogP contribution in [0.5, 0.6) is 5.75 Å². The highest BCUT2D eigenvalue weighted by Crippen LogP contribution is 2.34. The molecule has 1 aliphatic rings. The van der Waals surface area contributed by atoms with Crippen LogP contribution in [0.25, 0.3) is 9.88 Å². The fourth-order valence-corrected chi connectivity index (χ4v) is 5.85. The van der Waals surface area contributed by atoms with E-state index in [1.165, 1.54) is 24.5 Å². The van der Waals surface area contributed by atoms with Crippen molar-refractivity contribution in [2.45, 2.75) is 17.7 Å². The minimum atomic E-state index is -3.98. The molecule has 3 heterocycles. The van der Waals surface area contributed by atoms with Gasteiger partial charge in [0, 0.05) is 18.7 Å². The molecule has 0 unspecified atom stereocenters. The van der Waals surface area contributed by atoms with Crippen LogP contribution in [0.4, 0.5) is 10.8 Å². The molecule has 1 fully saturated rings. The van der Waals surface area contributed by atoms with Crippen LogP contribution in [0.1, 0.15) is 12.8 Å². The van der Waals surface area contributed by atoms with Gasteiger partial charge in [-0.2, -0.15) is 0 Å². The number of thiophene rings is 1. The van der Waals surface area contributed by atoms with Gasteiger partial charge in [-0.25, -0.2) is 8.42 Å². The number of rotatable bonds is 6. The minimum Gasteiger partial charge on any atom is -0.495 e. The Morgan fingerprint density at radius 3 is 2.79 bits per heavy atom. The molecule has 1 aliphatic heterocycles. The topological polar surface area (TPSA) is 101 Å². The van der Waals surface area contributed by atoms with Gasteiger partial charge in [-0.05, 0) is 36.1 Å². The summed E-state index contributed by atoms with van der Waals surface area (Å²) >= 11 is 2.65. The Bertz CT molecular complexity index is 1110. The summed E-state index contributed by atoms with van der Waals surface area (Å²) in [7, 11) is -2.59. The highest BCUT2D eigenvalue weighted by atomic mass is 32.2. The molecular formula is C17H16N4O4S3. The number of hydrogen-bond acceptors (Lipinski definition) is 8. The van der Waals surface area contributed by atoms with Gasteiger partial charge in [0.25, 0.3) is 10.0 Å². The zero-order chi connectivity index (χ0) is 19.7. The lowest BCUT2D eigenvalue weighted by molar-refractivity contribution is -0.117. The largest absolute Gasteiger partial charge is 0.495 e. The molecule has 1 N–H and O–H groups in total. The smallest absolute Gasteiger partial charge is 0.267 e. The number of methoxy groups -OCH3 is 1. The zero-order valence-electron chi connectivity index (χ0n) is 14.8. The molecule has 2 aromatic heterocycles. The maximum absolute atomic E-state index is 13.0. The molecule has 0 atom stereocenters. The van der Waals surface area contributed by atoms with E-state index in [0.717, 1.165) is 22.6 Å². The van der Waals surface area contributed by atoms with Crippen molar-refractivity contribution < 1.29 is 17.9 Å².